The van der Waals surface area contributed by atoms with Gasteiger partial charge in [-0.25, -0.2) is 0 Å². The zero-order chi connectivity index (χ0) is 13.7. The Morgan fingerprint density at radius 3 is 2.84 bits per heavy atom. The van der Waals surface area contributed by atoms with Crippen molar-refractivity contribution in [3.8, 4) is 0 Å². The van der Waals surface area contributed by atoms with E-state index in [1.54, 1.807) is 11.3 Å². The van der Waals surface area contributed by atoms with Crippen LogP contribution >= 0.6 is 23.6 Å². The molecule has 1 aromatic heterocycles. The van der Waals surface area contributed by atoms with E-state index in [-0.39, 0.29) is 10.9 Å². The number of thiophene rings is 1. The monoisotopic (exact) mass is 298 g/mol. The van der Waals surface area contributed by atoms with Crippen molar-refractivity contribution in [2.45, 2.75) is 19.3 Å². The van der Waals surface area contributed by atoms with Crippen molar-refractivity contribution >= 4 is 34.5 Å². The number of carbonyl (C=O) groups is 1. The highest BCUT2D eigenvalue weighted by molar-refractivity contribution is 7.80. The van der Waals surface area contributed by atoms with E-state index in [2.05, 4.69) is 16.8 Å². The van der Waals surface area contributed by atoms with Crippen molar-refractivity contribution in [2.75, 3.05) is 19.8 Å². The van der Waals surface area contributed by atoms with E-state index in [9.17, 15) is 4.79 Å². The van der Waals surface area contributed by atoms with Crippen LogP contribution in [0, 0.1) is 5.41 Å². The normalized spacial score (nSPS) is 17.9. The molecule has 1 amide bonds. The van der Waals surface area contributed by atoms with Crippen molar-refractivity contribution < 1.29 is 9.53 Å². The molecule has 1 aliphatic heterocycles. The summed E-state index contributed by atoms with van der Waals surface area (Å²) in [5.74, 6) is -0.0569. The van der Waals surface area contributed by atoms with E-state index >= 15 is 0 Å². The maximum Gasteiger partial charge on any atom is 0.233 e. The third kappa shape index (κ3) is 3.32. The summed E-state index contributed by atoms with van der Waals surface area (Å²) in [5.41, 5.74) is 6.30. The first kappa shape index (κ1) is 14.4. The van der Waals surface area contributed by atoms with Crippen molar-refractivity contribution in [3.63, 3.8) is 0 Å². The van der Waals surface area contributed by atoms with E-state index in [4.69, 9.17) is 22.7 Å². The minimum atomic E-state index is -0.720. The fourth-order valence-corrected chi connectivity index (χ4v) is 3.23. The summed E-state index contributed by atoms with van der Waals surface area (Å²) in [4.78, 5) is 12.6. The zero-order valence-electron chi connectivity index (χ0n) is 10.7. The molecule has 0 saturated carbocycles. The predicted molar refractivity (Wildman–Crippen MR) is 80.3 cm³/mol. The first-order valence-corrected chi connectivity index (χ1v) is 7.67. The molecule has 0 aromatic carbocycles. The number of thiocarbonyl (C=S) groups is 1. The van der Waals surface area contributed by atoms with Crippen LogP contribution in [0.3, 0.4) is 0 Å². The number of rotatable bonds is 5. The van der Waals surface area contributed by atoms with Gasteiger partial charge in [0.05, 0.1) is 4.99 Å². The fraction of sp³-hybridized carbons (Fsp3) is 0.538. The molecule has 104 valence electrons. The minimum absolute atomic E-state index is 0.0569. The molecule has 0 spiro atoms. The molecule has 1 fully saturated rings. The second-order valence-electron chi connectivity index (χ2n) is 4.70. The lowest BCUT2D eigenvalue weighted by molar-refractivity contribution is -0.131. The Bertz CT molecular complexity index is 440. The zero-order valence-corrected chi connectivity index (χ0v) is 12.3. The second kappa shape index (κ2) is 6.45. The number of nitrogens with two attached hydrogens (primary N) is 1. The van der Waals surface area contributed by atoms with Gasteiger partial charge in [0.15, 0.2) is 0 Å². The van der Waals surface area contributed by atoms with Crippen molar-refractivity contribution in [1.29, 1.82) is 0 Å². The number of carbonyl (C=O) groups excluding carboxylic acids is 1. The Morgan fingerprint density at radius 2 is 2.26 bits per heavy atom. The lowest BCUT2D eigenvalue weighted by Gasteiger charge is -2.34. The minimum Gasteiger partial charge on any atom is -0.392 e. The van der Waals surface area contributed by atoms with Gasteiger partial charge in [-0.05, 0) is 41.7 Å². The molecule has 4 nitrogen and oxygen atoms in total. The first-order chi connectivity index (χ1) is 9.15. The summed E-state index contributed by atoms with van der Waals surface area (Å²) in [5, 5.41) is 7.08. The summed E-state index contributed by atoms with van der Waals surface area (Å²) in [6, 6.07) is 2.06. The average Bonchev–Trinajstić information content (AvgIpc) is 2.92. The van der Waals surface area contributed by atoms with E-state index in [1.807, 2.05) is 5.38 Å². The molecule has 6 heteroatoms. The number of hydrogen-bond donors (Lipinski definition) is 2. The summed E-state index contributed by atoms with van der Waals surface area (Å²) in [6.45, 7) is 1.69. The average molecular weight is 298 g/mol. The SMILES string of the molecule is NC(=S)C1(C(=O)NCCc2ccsc2)CCOCC1. The van der Waals surface area contributed by atoms with Crippen LogP contribution < -0.4 is 11.1 Å². The van der Waals surface area contributed by atoms with Gasteiger partial charge in [0.2, 0.25) is 5.91 Å². The van der Waals surface area contributed by atoms with Gasteiger partial charge >= 0.3 is 0 Å². The highest BCUT2D eigenvalue weighted by atomic mass is 32.1. The largest absolute Gasteiger partial charge is 0.392 e. The van der Waals surface area contributed by atoms with Gasteiger partial charge in [-0.15, -0.1) is 0 Å². The summed E-state index contributed by atoms with van der Waals surface area (Å²) >= 11 is 6.76. The van der Waals surface area contributed by atoms with Crippen LogP contribution in [0.25, 0.3) is 0 Å². The molecule has 0 aliphatic carbocycles. The number of nitrogens with one attached hydrogen (secondary N) is 1. The lowest BCUT2D eigenvalue weighted by Crippen LogP contribution is -2.52. The predicted octanol–water partition coefficient (Wildman–Crippen LogP) is 1.49. The summed E-state index contributed by atoms with van der Waals surface area (Å²) in [6.07, 6.45) is 1.98. The van der Waals surface area contributed by atoms with Crippen LogP contribution in [0.5, 0.6) is 0 Å². The highest BCUT2D eigenvalue weighted by Crippen LogP contribution is 2.31. The Morgan fingerprint density at radius 1 is 1.53 bits per heavy atom. The highest BCUT2D eigenvalue weighted by Gasteiger charge is 2.42. The Balaban J connectivity index is 1.91. The van der Waals surface area contributed by atoms with E-state index in [0.717, 1.165) is 6.42 Å². The number of hydrogen-bond acceptors (Lipinski definition) is 4. The molecular weight excluding hydrogens is 280 g/mol. The van der Waals surface area contributed by atoms with Gasteiger partial charge in [0.25, 0.3) is 0 Å². The van der Waals surface area contributed by atoms with Crippen LogP contribution in [0.1, 0.15) is 18.4 Å². The summed E-state index contributed by atoms with van der Waals surface area (Å²) < 4.78 is 5.29. The summed E-state index contributed by atoms with van der Waals surface area (Å²) in [7, 11) is 0. The molecule has 2 heterocycles. The number of amides is 1. The van der Waals surface area contributed by atoms with Gasteiger partial charge in [-0.1, -0.05) is 12.2 Å². The quantitative estimate of drug-likeness (QED) is 0.808. The molecule has 3 N–H and O–H groups in total. The van der Waals surface area contributed by atoms with Gasteiger partial charge in [0, 0.05) is 19.8 Å². The van der Waals surface area contributed by atoms with Crippen molar-refractivity contribution in [1.82, 2.24) is 5.32 Å². The molecule has 0 radical (unpaired) electrons. The third-order valence-electron chi connectivity index (χ3n) is 3.53. The number of ether oxygens (including phenoxy) is 1. The molecular formula is C13H18N2O2S2. The Hall–Kier alpha value is -0.980. The molecule has 1 aromatic rings. The lowest BCUT2D eigenvalue weighted by atomic mass is 9.79. The van der Waals surface area contributed by atoms with Crippen molar-refractivity contribution in [3.05, 3.63) is 22.4 Å². The van der Waals surface area contributed by atoms with Crippen LogP contribution in [0.2, 0.25) is 0 Å². The molecule has 1 saturated heterocycles. The van der Waals surface area contributed by atoms with Gasteiger partial charge < -0.3 is 15.8 Å². The van der Waals surface area contributed by atoms with Crippen LogP contribution in [-0.4, -0.2) is 30.7 Å². The molecule has 2 rings (SSSR count). The standard InChI is InChI=1S/C13H18N2O2S2/c14-11(18)13(3-6-17-7-4-13)12(16)15-5-1-10-2-8-19-9-10/h2,8-9H,1,3-7H2,(H2,14,18)(H,15,16). The van der Waals surface area contributed by atoms with Gasteiger partial charge in [-0.2, -0.15) is 11.3 Å². The Labute approximate surface area is 122 Å². The molecule has 19 heavy (non-hydrogen) atoms. The van der Waals surface area contributed by atoms with Gasteiger partial charge in [-0.3, -0.25) is 4.79 Å². The molecule has 1 aliphatic rings. The smallest absolute Gasteiger partial charge is 0.233 e. The van der Waals surface area contributed by atoms with E-state index < -0.39 is 5.41 Å². The maximum atomic E-state index is 12.4. The Kier molecular flexibility index (Phi) is 4.90. The first-order valence-electron chi connectivity index (χ1n) is 6.32. The molecule has 0 atom stereocenters. The third-order valence-corrected chi connectivity index (χ3v) is 4.65. The van der Waals surface area contributed by atoms with E-state index in [0.29, 0.717) is 32.6 Å². The van der Waals surface area contributed by atoms with Crippen LogP contribution in [0.4, 0.5) is 0 Å². The topological polar surface area (TPSA) is 64.4 Å². The van der Waals surface area contributed by atoms with E-state index in [1.165, 1.54) is 5.56 Å². The van der Waals surface area contributed by atoms with Gasteiger partial charge in [0.1, 0.15) is 5.41 Å². The van der Waals surface area contributed by atoms with Crippen LogP contribution in [-0.2, 0) is 16.0 Å². The van der Waals surface area contributed by atoms with Crippen molar-refractivity contribution in [2.24, 2.45) is 11.1 Å². The molecule has 0 bridgehead atoms. The van der Waals surface area contributed by atoms with Crippen LogP contribution in [0.15, 0.2) is 16.8 Å². The fourth-order valence-electron chi connectivity index (χ4n) is 2.23. The maximum absolute atomic E-state index is 12.4. The second-order valence-corrected chi connectivity index (χ2v) is 5.92. The molecule has 0 unspecified atom stereocenters.